The summed E-state index contributed by atoms with van der Waals surface area (Å²) in [5, 5.41) is 14.2. The quantitative estimate of drug-likeness (QED) is 0.630. The normalized spacial score (nSPS) is 16.4. The van der Waals surface area contributed by atoms with E-state index in [1.807, 2.05) is 0 Å². The van der Waals surface area contributed by atoms with E-state index in [9.17, 15) is 10.1 Å². The van der Waals surface area contributed by atoms with Crippen molar-refractivity contribution in [1.82, 2.24) is 0 Å². The number of ether oxygens (including phenoxy) is 1. The molecular weight excluding hydrogens is 220 g/mol. The molecule has 0 amide bonds. The average Bonchev–Trinajstić information content (AvgIpc) is 3.04. The van der Waals surface area contributed by atoms with Crippen molar-refractivity contribution in [3.63, 3.8) is 0 Å². The van der Waals surface area contributed by atoms with Crippen LogP contribution in [0.2, 0.25) is 0 Å². The zero-order chi connectivity index (χ0) is 12.5. The van der Waals surface area contributed by atoms with Crippen LogP contribution in [0.3, 0.4) is 0 Å². The second-order valence-corrected chi connectivity index (χ2v) is 4.78. The summed E-state index contributed by atoms with van der Waals surface area (Å²) in [5.41, 5.74) is 0.846. The first-order valence-corrected chi connectivity index (χ1v) is 5.61. The van der Waals surface area contributed by atoms with E-state index in [1.165, 1.54) is 20.0 Å². The molecule has 1 aromatic carbocycles. The molecule has 0 aliphatic heterocycles. The molecule has 0 bridgehead atoms. The Hall–Kier alpha value is -1.78. The van der Waals surface area contributed by atoms with Crippen LogP contribution >= 0.6 is 0 Å². The molecule has 5 nitrogen and oxygen atoms in total. The first-order chi connectivity index (χ1) is 8.06. The van der Waals surface area contributed by atoms with E-state index in [-0.39, 0.29) is 5.69 Å². The minimum Gasteiger partial charge on any atom is -0.490 e. The Morgan fingerprint density at radius 1 is 1.53 bits per heavy atom. The molecule has 0 radical (unpaired) electrons. The lowest BCUT2D eigenvalue weighted by atomic mass is 10.1. The van der Waals surface area contributed by atoms with Crippen molar-refractivity contribution in [1.29, 1.82) is 0 Å². The molecule has 5 heteroatoms. The van der Waals surface area contributed by atoms with E-state index in [4.69, 9.17) is 4.74 Å². The topological polar surface area (TPSA) is 64.4 Å². The highest BCUT2D eigenvalue weighted by Gasteiger charge is 2.37. The fourth-order valence-corrected chi connectivity index (χ4v) is 1.72. The maximum absolute atomic E-state index is 11.0. The first-order valence-electron chi connectivity index (χ1n) is 5.61. The number of nitro benzene ring substituents is 1. The Morgan fingerprint density at radius 2 is 2.24 bits per heavy atom. The summed E-state index contributed by atoms with van der Waals surface area (Å²) in [6.07, 6.45) is 2.36. The molecule has 0 atom stereocenters. The molecule has 1 fully saturated rings. The van der Waals surface area contributed by atoms with Gasteiger partial charge in [-0.1, -0.05) is 13.0 Å². The van der Waals surface area contributed by atoms with E-state index < -0.39 is 4.92 Å². The SMILES string of the molecule is COc1cccc(NCC2(C)CC2)c1[N+](=O)[O-]. The van der Waals surface area contributed by atoms with Crippen LogP contribution in [0.15, 0.2) is 18.2 Å². The van der Waals surface area contributed by atoms with Gasteiger partial charge in [0.1, 0.15) is 5.69 Å². The molecule has 0 spiro atoms. The van der Waals surface area contributed by atoms with Crippen molar-refractivity contribution in [2.24, 2.45) is 5.41 Å². The lowest BCUT2D eigenvalue weighted by Gasteiger charge is -2.12. The Bertz CT molecular complexity index is 441. The lowest BCUT2D eigenvalue weighted by molar-refractivity contribution is -0.384. The zero-order valence-electron chi connectivity index (χ0n) is 10.0. The number of nitrogens with zero attached hydrogens (tertiary/aromatic N) is 1. The van der Waals surface area contributed by atoms with Gasteiger partial charge in [-0.3, -0.25) is 10.1 Å². The smallest absolute Gasteiger partial charge is 0.333 e. The van der Waals surface area contributed by atoms with Crippen molar-refractivity contribution < 1.29 is 9.66 Å². The maximum atomic E-state index is 11.0. The van der Waals surface area contributed by atoms with Crippen LogP contribution in [0.25, 0.3) is 0 Å². The third-order valence-corrected chi connectivity index (χ3v) is 3.21. The molecule has 0 saturated heterocycles. The minimum atomic E-state index is -0.406. The minimum absolute atomic E-state index is 0.0132. The van der Waals surface area contributed by atoms with E-state index in [1.54, 1.807) is 18.2 Å². The molecule has 1 aliphatic rings. The molecule has 2 rings (SSSR count). The number of benzene rings is 1. The van der Waals surface area contributed by atoms with Gasteiger partial charge >= 0.3 is 5.69 Å². The molecule has 1 aliphatic carbocycles. The number of methoxy groups -OCH3 is 1. The van der Waals surface area contributed by atoms with Gasteiger partial charge in [0.15, 0.2) is 5.75 Å². The number of anilines is 1. The van der Waals surface area contributed by atoms with Crippen molar-refractivity contribution >= 4 is 11.4 Å². The summed E-state index contributed by atoms with van der Waals surface area (Å²) in [6.45, 7) is 2.94. The Morgan fingerprint density at radius 3 is 2.76 bits per heavy atom. The molecule has 1 N–H and O–H groups in total. The third-order valence-electron chi connectivity index (χ3n) is 3.21. The summed E-state index contributed by atoms with van der Waals surface area (Å²) in [4.78, 5) is 10.6. The fourth-order valence-electron chi connectivity index (χ4n) is 1.72. The summed E-state index contributed by atoms with van der Waals surface area (Å²) in [5.74, 6) is 0.293. The van der Waals surface area contributed by atoms with Crippen LogP contribution in [-0.4, -0.2) is 18.6 Å². The Kier molecular flexibility index (Phi) is 2.92. The number of hydrogen-bond acceptors (Lipinski definition) is 4. The Labute approximate surface area is 99.9 Å². The van der Waals surface area contributed by atoms with Crippen molar-refractivity contribution in [2.75, 3.05) is 19.0 Å². The number of para-hydroxylation sites is 1. The van der Waals surface area contributed by atoms with Crippen LogP contribution in [0, 0.1) is 15.5 Å². The number of nitro groups is 1. The highest BCUT2D eigenvalue weighted by atomic mass is 16.6. The molecule has 1 aromatic rings. The van der Waals surface area contributed by atoms with Crippen LogP contribution in [0.5, 0.6) is 5.75 Å². The number of nitrogens with one attached hydrogen (secondary N) is 1. The highest BCUT2D eigenvalue weighted by molar-refractivity contribution is 5.68. The lowest BCUT2D eigenvalue weighted by Crippen LogP contribution is -2.13. The van der Waals surface area contributed by atoms with Crippen LogP contribution < -0.4 is 10.1 Å². The fraction of sp³-hybridized carbons (Fsp3) is 0.500. The first kappa shape index (κ1) is 11.7. The summed E-state index contributed by atoms with van der Waals surface area (Å²) in [7, 11) is 1.44. The summed E-state index contributed by atoms with van der Waals surface area (Å²) >= 11 is 0. The highest BCUT2D eigenvalue weighted by Crippen LogP contribution is 2.45. The maximum Gasteiger partial charge on any atom is 0.333 e. The monoisotopic (exact) mass is 236 g/mol. The van der Waals surface area contributed by atoms with Crippen LogP contribution in [0.4, 0.5) is 11.4 Å². The molecule has 92 valence electrons. The van der Waals surface area contributed by atoms with Gasteiger partial charge in [-0.05, 0) is 30.4 Å². The Balaban J connectivity index is 2.22. The van der Waals surface area contributed by atoms with Crippen molar-refractivity contribution in [2.45, 2.75) is 19.8 Å². The van der Waals surface area contributed by atoms with Gasteiger partial charge < -0.3 is 10.1 Å². The van der Waals surface area contributed by atoms with E-state index >= 15 is 0 Å². The molecule has 0 unspecified atom stereocenters. The van der Waals surface area contributed by atoms with Crippen molar-refractivity contribution in [3.05, 3.63) is 28.3 Å². The zero-order valence-corrected chi connectivity index (χ0v) is 10.0. The third kappa shape index (κ3) is 2.49. The van der Waals surface area contributed by atoms with E-state index in [2.05, 4.69) is 12.2 Å². The van der Waals surface area contributed by atoms with Gasteiger partial charge in [0, 0.05) is 6.54 Å². The predicted molar refractivity (Wildman–Crippen MR) is 65.5 cm³/mol. The standard InChI is InChI=1S/C12H16N2O3/c1-12(6-7-12)8-13-9-4-3-5-10(17-2)11(9)14(15)16/h3-5,13H,6-8H2,1-2H3. The largest absolute Gasteiger partial charge is 0.490 e. The molecule has 1 saturated carbocycles. The summed E-state index contributed by atoms with van der Waals surface area (Å²) in [6, 6.07) is 5.07. The van der Waals surface area contributed by atoms with E-state index in [0.717, 1.165) is 6.54 Å². The van der Waals surface area contributed by atoms with Gasteiger partial charge in [0.2, 0.25) is 0 Å². The predicted octanol–water partition coefficient (Wildman–Crippen LogP) is 2.82. The second-order valence-electron chi connectivity index (χ2n) is 4.78. The van der Waals surface area contributed by atoms with Crippen molar-refractivity contribution in [3.8, 4) is 5.75 Å². The molecule has 0 aromatic heterocycles. The van der Waals surface area contributed by atoms with Crippen LogP contribution in [0.1, 0.15) is 19.8 Å². The van der Waals surface area contributed by atoms with E-state index in [0.29, 0.717) is 16.9 Å². The van der Waals surface area contributed by atoms with Gasteiger partial charge in [-0.15, -0.1) is 0 Å². The van der Waals surface area contributed by atoms with Gasteiger partial charge in [-0.2, -0.15) is 0 Å². The van der Waals surface area contributed by atoms with Gasteiger partial charge in [-0.25, -0.2) is 0 Å². The number of rotatable bonds is 5. The number of hydrogen-bond donors (Lipinski definition) is 1. The molecular formula is C12H16N2O3. The van der Waals surface area contributed by atoms with Gasteiger partial charge in [0.25, 0.3) is 0 Å². The van der Waals surface area contributed by atoms with Crippen LogP contribution in [-0.2, 0) is 0 Å². The van der Waals surface area contributed by atoms with Gasteiger partial charge in [0.05, 0.1) is 12.0 Å². The summed E-state index contributed by atoms with van der Waals surface area (Å²) < 4.78 is 5.01. The molecule has 17 heavy (non-hydrogen) atoms. The average molecular weight is 236 g/mol. The molecule has 0 heterocycles. The second kappa shape index (κ2) is 4.24.